The predicted molar refractivity (Wildman–Crippen MR) is 73.7 cm³/mol. The van der Waals surface area contributed by atoms with Crippen LogP contribution in [-0.4, -0.2) is 16.1 Å². The first-order chi connectivity index (χ1) is 9.19. The fourth-order valence-electron chi connectivity index (χ4n) is 1.60. The van der Waals surface area contributed by atoms with E-state index in [-0.39, 0.29) is 11.5 Å². The fourth-order valence-corrected chi connectivity index (χ4v) is 1.60. The van der Waals surface area contributed by atoms with E-state index in [0.29, 0.717) is 11.4 Å². The van der Waals surface area contributed by atoms with Gasteiger partial charge in [-0.1, -0.05) is 18.2 Å². The minimum absolute atomic E-state index is 0.186. The molecule has 0 aliphatic carbocycles. The lowest BCUT2D eigenvalue weighted by Crippen LogP contribution is -2.08. The topological polar surface area (TPSA) is 74.8 Å². The van der Waals surface area contributed by atoms with Crippen LogP contribution in [0.25, 0.3) is 11.3 Å². The molecule has 1 heterocycles. The van der Waals surface area contributed by atoms with E-state index in [1.54, 1.807) is 31.2 Å². The van der Waals surface area contributed by atoms with Gasteiger partial charge in [0.05, 0.1) is 5.69 Å². The number of aromatic amines is 1. The van der Waals surface area contributed by atoms with Gasteiger partial charge in [0.25, 0.3) is 5.56 Å². The first-order valence-corrected chi connectivity index (χ1v) is 5.79. The number of H-pyrrole nitrogens is 1. The molecule has 2 rings (SSSR count). The number of benzene rings is 1. The number of aromatic nitrogens is 2. The minimum atomic E-state index is -0.249. The summed E-state index contributed by atoms with van der Waals surface area (Å²) in [5, 5.41) is 9.05. The highest BCUT2D eigenvalue weighted by molar-refractivity contribution is 5.99. The van der Waals surface area contributed by atoms with Crippen LogP contribution < -0.4 is 10.9 Å². The second-order valence-corrected chi connectivity index (χ2v) is 3.88. The van der Waals surface area contributed by atoms with Crippen LogP contribution >= 0.6 is 0 Å². The molecule has 19 heavy (non-hydrogen) atoms. The standard InChI is InChI=1S/C14H13N3O2/c1-2-4-13(18)15-11-6-3-5-10(9-11)12-7-8-14(19)17-16-12/h2-9H,1H3,(H,15,18)(H,17,19)/b4-2+. The number of carbonyl (C=O) groups is 1. The van der Waals surface area contributed by atoms with Crippen molar-refractivity contribution in [3.8, 4) is 11.3 Å². The van der Waals surface area contributed by atoms with Gasteiger partial charge >= 0.3 is 0 Å². The Kier molecular flexibility index (Phi) is 3.87. The maximum Gasteiger partial charge on any atom is 0.264 e. The molecule has 0 fully saturated rings. The number of rotatable bonds is 3. The Labute approximate surface area is 110 Å². The predicted octanol–water partition coefficient (Wildman–Crippen LogP) is 1.95. The average Bonchev–Trinajstić information content (AvgIpc) is 2.40. The first kappa shape index (κ1) is 12.8. The Hall–Kier alpha value is -2.69. The molecule has 0 saturated heterocycles. The second-order valence-electron chi connectivity index (χ2n) is 3.88. The van der Waals surface area contributed by atoms with E-state index in [9.17, 15) is 9.59 Å². The van der Waals surface area contributed by atoms with E-state index in [1.807, 2.05) is 12.1 Å². The van der Waals surface area contributed by atoms with Crippen LogP contribution in [0.3, 0.4) is 0 Å². The molecular weight excluding hydrogens is 242 g/mol. The Morgan fingerprint density at radius 2 is 2.16 bits per heavy atom. The number of nitrogens with zero attached hydrogens (tertiary/aromatic N) is 1. The van der Waals surface area contributed by atoms with Crippen LogP contribution in [0.5, 0.6) is 0 Å². The molecule has 0 unspecified atom stereocenters. The first-order valence-electron chi connectivity index (χ1n) is 5.79. The van der Waals surface area contributed by atoms with Gasteiger partial charge in [-0.15, -0.1) is 0 Å². The fraction of sp³-hybridized carbons (Fsp3) is 0.0714. The highest BCUT2D eigenvalue weighted by atomic mass is 16.1. The smallest absolute Gasteiger partial charge is 0.264 e. The van der Waals surface area contributed by atoms with Gasteiger partial charge in [0, 0.05) is 17.3 Å². The summed E-state index contributed by atoms with van der Waals surface area (Å²) < 4.78 is 0. The van der Waals surface area contributed by atoms with Gasteiger partial charge in [0.15, 0.2) is 0 Å². The monoisotopic (exact) mass is 255 g/mol. The van der Waals surface area contributed by atoms with Crippen molar-refractivity contribution < 1.29 is 4.79 Å². The summed E-state index contributed by atoms with van der Waals surface area (Å²) in [5.74, 6) is -0.186. The molecule has 5 heteroatoms. The highest BCUT2D eigenvalue weighted by Crippen LogP contribution is 2.19. The Balaban J connectivity index is 2.26. The van der Waals surface area contributed by atoms with Gasteiger partial charge < -0.3 is 5.32 Å². The quantitative estimate of drug-likeness (QED) is 0.823. The van der Waals surface area contributed by atoms with Gasteiger partial charge in [-0.05, 0) is 31.2 Å². The summed E-state index contributed by atoms with van der Waals surface area (Å²) in [7, 11) is 0. The van der Waals surface area contributed by atoms with E-state index in [2.05, 4.69) is 15.5 Å². The maximum absolute atomic E-state index is 11.4. The zero-order valence-electron chi connectivity index (χ0n) is 10.4. The summed E-state index contributed by atoms with van der Waals surface area (Å²) in [6.45, 7) is 1.78. The van der Waals surface area contributed by atoms with E-state index in [4.69, 9.17) is 0 Å². The lowest BCUT2D eigenvalue weighted by Gasteiger charge is -2.05. The Morgan fingerprint density at radius 1 is 1.32 bits per heavy atom. The molecule has 1 amide bonds. The van der Waals surface area contributed by atoms with Crippen molar-refractivity contribution in [1.82, 2.24) is 10.2 Å². The number of nitrogens with one attached hydrogen (secondary N) is 2. The summed E-state index contributed by atoms with van der Waals surface area (Å²) in [5.41, 5.74) is 1.88. The van der Waals surface area contributed by atoms with Crippen LogP contribution in [0.15, 0.2) is 53.3 Å². The van der Waals surface area contributed by atoms with Gasteiger partial charge in [0.1, 0.15) is 0 Å². The van der Waals surface area contributed by atoms with E-state index in [1.165, 1.54) is 12.1 Å². The lowest BCUT2D eigenvalue weighted by atomic mass is 10.1. The van der Waals surface area contributed by atoms with Crippen LogP contribution in [0.1, 0.15) is 6.92 Å². The van der Waals surface area contributed by atoms with Crippen molar-refractivity contribution in [2.24, 2.45) is 0 Å². The molecule has 1 aromatic carbocycles. The normalized spacial score (nSPS) is 10.6. The van der Waals surface area contributed by atoms with Crippen molar-refractivity contribution in [2.45, 2.75) is 6.92 Å². The molecule has 96 valence electrons. The van der Waals surface area contributed by atoms with Gasteiger partial charge in [-0.3, -0.25) is 9.59 Å². The molecular formula is C14H13N3O2. The third-order valence-corrected chi connectivity index (χ3v) is 2.42. The SMILES string of the molecule is C/C=C/C(=O)Nc1cccc(-c2ccc(=O)[nH]n2)c1. The third kappa shape index (κ3) is 3.38. The number of hydrogen-bond acceptors (Lipinski definition) is 3. The number of allylic oxidation sites excluding steroid dienone is 1. The maximum atomic E-state index is 11.4. The number of anilines is 1. The van der Waals surface area contributed by atoms with Crippen LogP contribution in [-0.2, 0) is 4.79 Å². The number of hydrogen-bond donors (Lipinski definition) is 2. The molecule has 0 saturated carbocycles. The van der Waals surface area contributed by atoms with Crippen molar-refractivity contribution in [2.75, 3.05) is 5.32 Å². The largest absolute Gasteiger partial charge is 0.323 e. The van der Waals surface area contributed by atoms with Crippen LogP contribution in [0.4, 0.5) is 5.69 Å². The average molecular weight is 255 g/mol. The van der Waals surface area contributed by atoms with E-state index >= 15 is 0 Å². The van der Waals surface area contributed by atoms with Gasteiger partial charge in [-0.2, -0.15) is 5.10 Å². The van der Waals surface area contributed by atoms with Gasteiger partial charge in [0.2, 0.25) is 5.91 Å². The molecule has 0 radical (unpaired) electrons. The molecule has 5 nitrogen and oxygen atoms in total. The number of carbonyl (C=O) groups excluding carboxylic acids is 1. The summed E-state index contributed by atoms with van der Waals surface area (Å²) in [4.78, 5) is 22.4. The third-order valence-electron chi connectivity index (χ3n) is 2.42. The molecule has 0 aliphatic heterocycles. The van der Waals surface area contributed by atoms with Gasteiger partial charge in [-0.25, -0.2) is 5.10 Å². The molecule has 2 N–H and O–H groups in total. The summed E-state index contributed by atoms with van der Waals surface area (Å²) in [6, 6.07) is 10.3. The van der Waals surface area contributed by atoms with E-state index < -0.39 is 0 Å². The Morgan fingerprint density at radius 3 is 2.84 bits per heavy atom. The van der Waals surface area contributed by atoms with Crippen molar-refractivity contribution in [1.29, 1.82) is 0 Å². The summed E-state index contributed by atoms with van der Waals surface area (Å²) in [6.07, 6.45) is 3.12. The molecule has 1 aromatic heterocycles. The van der Waals surface area contributed by atoms with E-state index in [0.717, 1.165) is 5.56 Å². The lowest BCUT2D eigenvalue weighted by molar-refractivity contribution is -0.111. The Bertz CT molecular complexity index is 654. The molecule has 0 bridgehead atoms. The van der Waals surface area contributed by atoms with Crippen LogP contribution in [0, 0.1) is 0 Å². The molecule has 0 atom stereocenters. The molecule has 0 spiro atoms. The summed E-state index contributed by atoms with van der Waals surface area (Å²) >= 11 is 0. The number of amides is 1. The highest BCUT2D eigenvalue weighted by Gasteiger charge is 2.02. The zero-order chi connectivity index (χ0) is 13.7. The molecule has 2 aromatic rings. The molecule has 0 aliphatic rings. The second kappa shape index (κ2) is 5.77. The minimum Gasteiger partial charge on any atom is -0.323 e. The van der Waals surface area contributed by atoms with Crippen LogP contribution in [0.2, 0.25) is 0 Å². The zero-order valence-corrected chi connectivity index (χ0v) is 10.4. The van der Waals surface area contributed by atoms with Crippen molar-refractivity contribution in [3.63, 3.8) is 0 Å². The van der Waals surface area contributed by atoms with Crippen molar-refractivity contribution >= 4 is 11.6 Å². The van der Waals surface area contributed by atoms with Crippen molar-refractivity contribution in [3.05, 3.63) is 58.9 Å².